The Morgan fingerprint density at radius 2 is 2.11 bits per heavy atom. The lowest BCUT2D eigenvalue weighted by molar-refractivity contribution is -0.151. The molecule has 0 aromatic carbocycles. The third-order valence-electron chi connectivity index (χ3n) is 4.50. The molecule has 106 valence electrons. The smallest absolute Gasteiger partial charge is 0.326 e. The van der Waals surface area contributed by atoms with Crippen LogP contribution in [0, 0.1) is 17.8 Å². The van der Waals surface area contributed by atoms with Gasteiger partial charge in [0.2, 0.25) is 5.91 Å². The minimum Gasteiger partial charge on any atom is -0.480 e. The molecule has 1 aliphatic carbocycles. The lowest BCUT2D eigenvalue weighted by Gasteiger charge is -2.27. The van der Waals surface area contributed by atoms with Crippen LogP contribution >= 0.6 is 0 Å². The normalized spacial score (nSPS) is 31.1. The number of likely N-dealkylation sites (tertiary alicyclic amines) is 1. The Labute approximate surface area is 114 Å². The Kier molecular flexibility index (Phi) is 3.97. The average Bonchev–Trinajstić information content (AvgIpc) is 2.84. The van der Waals surface area contributed by atoms with Crippen molar-refractivity contribution in [1.29, 1.82) is 0 Å². The largest absolute Gasteiger partial charge is 0.480 e. The summed E-state index contributed by atoms with van der Waals surface area (Å²) in [4.78, 5) is 25.6. The fourth-order valence-electron chi connectivity index (χ4n) is 3.74. The zero-order valence-corrected chi connectivity index (χ0v) is 11.8. The highest BCUT2D eigenvalue weighted by Crippen LogP contribution is 2.42. The van der Waals surface area contributed by atoms with Crippen molar-refractivity contribution in [2.45, 2.75) is 45.6 Å². The summed E-state index contributed by atoms with van der Waals surface area (Å²) in [6, 6.07) is -0.604. The SMILES string of the molecule is C=C(C)C[C@H](C)C(=O)N1C[C@@H]2CCC[C@@H]2[C@H]1C(=O)O. The lowest BCUT2D eigenvalue weighted by atomic mass is 9.94. The molecule has 1 aliphatic heterocycles. The fourth-order valence-corrected chi connectivity index (χ4v) is 3.74. The second-order valence-corrected chi connectivity index (χ2v) is 6.19. The zero-order chi connectivity index (χ0) is 14.2. The van der Waals surface area contributed by atoms with E-state index in [1.807, 2.05) is 13.8 Å². The van der Waals surface area contributed by atoms with E-state index >= 15 is 0 Å². The van der Waals surface area contributed by atoms with E-state index in [0.29, 0.717) is 18.9 Å². The Balaban J connectivity index is 2.12. The van der Waals surface area contributed by atoms with E-state index in [1.54, 1.807) is 4.90 Å². The molecule has 1 saturated heterocycles. The zero-order valence-electron chi connectivity index (χ0n) is 11.8. The Bertz CT molecular complexity index is 404. The molecule has 1 amide bonds. The molecule has 19 heavy (non-hydrogen) atoms. The van der Waals surface area contributed by atoms with Gasteiger partial charge >= 0.3 is 5.97 Å². The van der Waals surface area contributed by atoms with Crippen LogP contribution in [0.1, 0.15) is 39.5 Å². The van der Waals surface area contributed by atoms with Gasteiger partial charge in [0.1, 0.15) is 6.04 Å². The van der Waals surface area contributed by atoms with Crippen LogP contribution in [0.2, 0.25) is 0 Å². The predicted octanol–water partition coefficient (Wildman–Crippen LogP) is 2.30. The summed E-state index contributed by atoms with van der Waals surface area (Å²) in [6.07, 6.45) is 3.74. The Morgan fingerprint density at radius 3 is 2.68 bits per heavy atom. The van der Waals surface area contributed by atoms with Crippen molar-refractivity contribution in [1.82, 2.24) is 4.90 Å². The van der Waals surface area contributed by atoms with Gasteiger partial charge in [-0.15, -0.1) is 6.58 Å². The summed E-state index contributed by atoms with van der Waals surface area (Å²) in [7, 11) is 0. The summed E-state index contributed by atoms with van der Waals surface area (Å²) in [5.74, 6) is -0.478. The molecule has 0 spiro atoms. The summed E-state index contributed by atoms with van der Waals surface area (Å²) in [6.45, 7) is 8.22. The first-order valence-electron chi connectivity index (χ1n) is 7.09. The number of carbonyl (C=O) groups excluding carboxylic acids is 1. The van der Waals surface area contributed by atoms with Crippen molar-refractivity contribution in [2.75, 3.05) is 6.54 Å². The number of hydrogen-bond acceptors (Lipinski definition) is 2. The molecular formula is C15H23NO3. The second kappa shape index (κ2) is 5.35. The fraction of sp³-hybridized carbons (Fsp3) is 0.733. The molecule has 4 atom stereocenters. The number of carboxylic acids is 1. The predicted molar refractivity (Wildman–Crippen MR) is 72.6 cm³/mol. The summed E-state index contributed by atoms with van der Waals surface area (Å²) in [5, 5.41) is 9.43. The maximum absolute atomic E-state index is 12.4. The Morgan fingerprint density at radius 1 is 1.42 bits per heavy atom. The standard InChI is InChI=1S/C15H23NO3/c1-9(2)7-10(3)14(17)16-8-11-5-4-6-12(11)13(16)15(18)19/h10-13H,1,4-8H2,2-3H3,(H,18,19)/t10-,11-,12-,13-/m0/s1. The molecule has 0 aromatic heterocycles. The molecule has 1 saturated carbocycles. The molecule has 2 rings (SSSR count). The van der Waals surface area contributed by atoms with Gasteiger partial charge < -0.3 is 10.0 Å². The number of carbonyl (C=O) groups is 2. The van der Waals surface area contributed by atoms with Gasteiger partial charge in [0, 0.05) is 12.5 Å². The third kappa shape index (κ3) is 2.67. The number of rotatable bonds is 4. The summed E-state index contributed by atoms with van der Waals surface area (Å²) >= 11 is 0. The number of aliphatic carboxylic acids is 1. The molecule has 2 fully saturated rings. The number of allylic oxidation sites excluding steroid dienone is 1. The van der Waals surface area contributed by atoms with Crippen LogP contribution in [-0.4, -0.2) is 34.5 Å². The molecule has 0 bridgehead atoms. The van der Waals surface area contributed by atoms with Crippen LogP contribution in [0.5, 0.6) is 0 Å². The van der Waals surface area contributed by atoms with E-state index in [-0.39, 0.29) is 17.7 Å². The van der Waals surface area contributed by atoms with E-state index in [9.17, 15) is 14.7 Å². The van der Waals surface area contributed by atoms with Gasteiger partial charge in [-0.2, -0.15) is 0 Å². The first-order valence-corrected chi connectivity index (χ1v) is 7.09. The minimum atomic E-state index is -0.842. The van der Waals surface area contributed by atoms with Crippen molar-refractivity contribution in [3.63, 3.8) is 0 Å². The Hall–Kier alpha value is -1.32. The van der Waals surface area contributed by atoms with Crippen molar-refractivity contribution in [3.8, 4) is 0 Å². The van der Waals surface area contributed by atoms with Crippen LogP contribution < -0.4 is 0 Å². The second-order valence-electron chi connectivity index (χ2n) is 6.19. The monoisotopic (exact) mass is 265 g/mol. The van der Waals surface area contributed by atoms with Crippen LogP contribution in [0.25, 0.3) is 0 Å². The van der Waals surface area contributed by atoms with Crippen LogP contribution in [0.15, 0.2) is 12.2 Å². The molecular weight excluding hydrogens is 242 g/mol. The average molecular weight is 265 g/mol. The van der Waals surface area contributed by atoms with Gasteiger partial charge in [0.25, 0.3) is 0 Å². The van der Waals surface area contributed by atoms with Crippen LogP contribution in [0.4, 0.5) is 0 Å². The quantitative estimate of drug-likeness (QED) is 0.793. The molecule has 4 nitrogen and oxygen atoms in total. The summed E-state index contributed by atoms with van der Waals surface area (Å²) < 4.78 is 0. The van der Waals surface area contributed by atoms with Crippen molar-refractivity contribution in [2.24, 2.45) is 17.8 Å². The topological polar surface area (TPSA) is 57.6 Å². The van der Waals surface area contributed by atoms with E-state index < -0.39 is 12.0 Å². The minimum absolute atomic E-state index is 0.0233. The number of hydrogen-bond donors (Lipinski definition) is 1. The van der Waals surface area contributed by atoms with E-state index in [2.05, 4.69) is 6.58 Å². The van der Waals surface area contributed by atoms with Gasteiger partial charge in [-0.3, -0.25) is 4.79 Å². The summed E-state index contributed by atoms with van der Waals surface area (Å²) in [5.41, 5.74) is 0.965. The number of fused-ring (bicyclic) bond motifs is 1. The van der Waals surface area contributed by atoms with Gasteiger partial charge in [0.15, 0.2) is 0 Å². The van der Waals surface area contributed by atoms with Gasteiger partial charge in [-0.1, -0.05) is 18.9 Å². The first kappa shape index (κ1) is 14.1. The van der Waals surface area contributed by atoms with Gasteiger partial charge in [-0.05, 0) is 38.0 Å². The maximum Gasteiger partial charge on any atom is 0.326 e. The lowest BCUT2D eigenvalue weighted by Crippen LogP contribution is -2.45. The van der Waals surface area contributed by atoms with Gasteiger partial charge in [0.05, 0.1) is 0 Å². The number of carboxylic acid groups (broad SMARTS) is 1. The van der Waals surface area contributed by atoms with E-state index in [4.69, 9.17) is 0 Å². The highest BCUT2D eigenvalue weighted by Gasteiger charge is 2.49. The molecule has 1 N–H and O–H groups in total. The molecule has 0 radical (unpaired) electrons. The molecule has 0 aromatic rings. The maximum atomic E-state index is 12.4. The number of amides is 1. The van der Waals surface area contributed by atoms with Crippen LogP contribution in [-0.2, 0) is 9.59 Å². The highest BCUT2D eigenvalue weighted by molar-refractivity contribution is 5.86. The highest BCUT2D eigenvalue weighted by atomic mass is 16.4. The van der Waals surface area contributed by atoms with Crippen LogP contribution in [0.3, 0.4) is 0 Å². The third-order valence-corrected chi connectivity index (χ3v) is 4.50. The van der Waals surface area contributed by atoms with Crippen molar-refractivity contribution in [3.05, 3.63) is 12.2 Å². The molecule has 4 heteroatoms. The van der Waals surface area contributed by atoms with E-state index in [0.717, 1.165) is 24.8 Å². The van der Waals surface area contributed by atoms with E-state index in [1.165, 1.54) is 0 Å². The van der Waals surface area contributed by atoms with Crippen molar-refractivity contribution < 1.29 is 14.7 Å². The number of nitrogens with zero attached hydrogens (tertiary/aromatic N) is 1. The first-order chi connectivity index (χ1) is 8.91. The molecule has 1 heterocycles. The van der Waals surface area contributed by atoms with Gasteiger partial charge in [-0.25, -0.2) is 4.79 Å². The molecule has 2 aliphatic rings. The molecule has 0 unspecified atom stereocenters. The van der Waals surface area contributed by atoms with Crippen molar-refractivity contribution >= 4 is 11.9 Å².